The average Bonchev–Trinajstić information content (AvgIpc) is 2.67. The lowest BCUT2D eigenvalue weighted by Gasteiger charge is -2.34. The van der Waals surface area contributed by atoms with Crippen molar-refractivity contribution in [3.05, 3.63) is 12.2 Å². The zero-order valence-corrected chi connectivity index (χ0v) is 8.18. The maximum Gasteiger partial charge on any atom is 0.143 e. The molecule has 0 aliphatic heterocycles. The summed E-state index contributed by atoms with van der Waals surface area (Å²) in [4.78, 5) is 12.0. The van der Waals surface area contributed by atoms with Gasteiger partial charge < -0.3 is 0 Å². The van der Waals surface area contributed by atoms with E-state index in [1.54, 1.807) is 0 Å². The van der Waals surface area contributed by atoms with Crippen LogP contribution in [0.15, 0.2) is 12.2 Å². The first-order valence-corrected chi connectivity index (χ1v) is 5.42. The Morgan fingerprint density at radius 3 is 3.08 bits per heavy atom. The number of rotatable bonds is 0. The number of hydrogen-bond donors (Lipinski definition) is 0. The van der Waals surface area contributed by atoms with E-state index in [-0.39, 0.29) is 5.41 Å². The van der Waals surface area contributed by atoms with Gasteiger partial charge in [-0.15, -0.1) is 0 Å². The fourth-order valence-corrected chi connectivity index (χ4v) is 4.19. The zero-order chi connectivity index (χ0) is 9.10. The second-order valence-electron chi connectivity index (χ2n) is 5.12. The Hall–Kier alpha value is -0.590. The van der Waals surface area contributed by atoms with Gasteiger partial charge in [-0.1, -0.05) is 19.1 Å². The van der Waals surface area contributed by atoms with Crippen LogP contribution in [0.25, 0.3) is 0 Å². The molecule has 3 rings (SSSR count). The topological polar surface area (TPSA) is 17.1 Å². The summed E-state index contributed by atoms with van der Waals surface area (Å²) < 4.78 is 0. The molecule has 2 saturated carbocycles. The predicted molar refractivity (Wildman–Crippen MR) is 51.3 cm³/mol. The Kier molecular flexibility index (Phi) is 1.24. The molecule has 0 radical (unpaired) electrons. The molecule has 0 spiro atoms. The van der Waals surface area contributed by atoms with Crippen LogP contribution in [0.4, 0.5) is 0 Å². The molecule has 0 heterocycles. The molecule has 2 fully saturated rings. The van der Waals surface area contributed by atoms with Crippen LogP contribution in [0, 0.1) is 16.7 Å². The molecule has 0 saturated heterocycles. The van der Waals surface area contributed by atoms with Gasteiger partial charge >= 0.3 is 0 Å². The average molecular weight is 176 g/mol. The molecule has 0 amide bonds. The van der Waals surface area contributed by atoms with E-state index in [9.17, 15) is 4.79 Å². The number of carbonyl (C=O) groups is 1. The lowest BCUT2D eigenvalue weighted by atomic mass is 9.67. The summed E-state index contributed by atoms with van der Waals surface area (Å²) in [6, 6.07) is 0. The molecule has 3 aliphatic rings. The van der Waals surface area contributed by atoms with Crippen LogP contribution in [-0.4, -0.2) is 5.78 Å². The van der Waals surface area contributed by atoms with E-state index in [0.717, 1.165) is 12.8 Å². The Balaban J connectivity index is 2.19. The maximum atomic E-state index is 12.0. The lowest BCUT2D eigenvalue weighted by Crippen LogP contribution is -2.36. The molecule has 13 heavy (non-hydrogen) atoms. The van der Waals surface area contributed by atoms with Crippen molar-refractivity contribution in [1.29, 1.82) is 0 Å². The summed E-state index contributed by atoms with van der Waals surface area (Å²) in [6.45, 7) is 2.26. The molecule has 0 aromatic carbocycles. The van der Waals surface area contributed by atoms with Crippen LogP contribution in [0.1, 0.15) is 39.0 Å². The van der Waals surface area contributed by atoms with Gasteiger partial charge in [0.25, 0.3) is 0 Å². The SMILES string of the molecule is CC1CCC23CC=CC12C(=O)CC3. The van der Waals surface area contributed by atoms with Crippen molar-refractivity contribution >= 4 is 5.78 Å². The predicted octanol–water partition coefficient (Wildman–Crippen LogP) is 2.71. The minimum Gasteiger partial charge on any atom is -0.299 e. The summed E-state index contributed by atoms with van der Waals surface area (Å²) in [5, 5.41) is 0. The van der Waals surface area contributed by atoms with Gasteiger partial charge in [-0.2, -0.15) is 0 Å². The number of ketones is 1. The first-order valence-electron chi connectivity index (χ1n) is 5.42. The monoisotopic (exact) mass is 176 g/mol. The van der Waals surface area contributed by atoms with E-state index in [4.69, 9.17) is 0 Å². The van der Waals surface area contributed by atoms with Crippen LogP contribution in [-0.2, 0) is 4.79 Å². The molecule has 3 unspecified atom stereocenters. The van der Waals surface area contributed by atoms with E-state index < -0.39 is 0 Å². The van der Waals surface area contributed by atoms with Gasteiger partial charge in [-0.3, -0.25) is 4.79 Å². The Morgan fingerprint density at radius 2 is 2.31 bits per heavy atom. The minimum atomic E-state index is -0.00694. The van der Waals surface area contributed by atoms with Gasteiger partial charge in [0, 0.05) is 6.42 Å². The Morgan fingerprint density at radius 1 is 1.46 bits per heavy atom. The molecule has 1 heteroatoms. The number of carbonyl (C=O) groups excluding carboxylic acids is 1. The molecule has 0 aromatic heterocycles. The fraction of sp³-hybridized carbons (Fsp3) is 0.750. The van der Waals surface area contributed by atoms with Gasteiger partial charge in [0.05, 0.1) is 5.41 Å². The molecular weight excluding hydrogens is 160 g/mol. The Labute approximate surface area is 79.2 Å². The largest absolute Gasteiger partial charge is 0.299 e. The third-order valence-corrected chi connectivity index (χ3v) is 4.89. The molecule has 70 valence electrons. The second-order valence-corrected chi connectivity index (χ2v) is 5.12. The third kappa shape index (κ3) is 0.619. The van der Waals surface area contributed by atoms with E-state index >= 15 is 0 Å². The number of Topliss-reactive ketones (excluding diaryl/α,β-unsaturated/α-hetero) is 1. The van der Waals surface area contributed by atoms with Crippen molar-refractivity contribution in [3.63, 3.8) is 0 Å². The molecule has 1 nitrogen and oxygen atoms in total. The second kappa shape index (κ2) is 2.08. The highest BCUT2D eigenvalue weighted by atomic mass is 16.1. The van der Waals surface area contributed by atoms with Gasteiger partial charge in [0.1, 0.15) is 5.78 Å². The molecule has 0 bridgehead atoms. The van der Waals surface area contributed by atoms with Gasteiger partial charge in [-0.25, -0.2) is 0 Å². The van der Waals surface area contributed by atoms with Crippen molar-refractivity contribution in [1.82, 2.24) is 0 Å². The highest BCUT2D eigenvalue weighted by molar-refractivity contribution is 5.91. The maximum absolute atomic E-state index is 12.0. The smallest absolute Gasteiger partial charge is 0.143 e. The van der Waals surface area contributed by atoms with Crippen LogP contribution < -0.4 is 0 Å². The fourth-order valence-electron chi connectivity index (χ4n) is 4.19. The molecule has 3 atom stereocenters. The van der Waals surface area contributed by atoms with Gasteiger partial charge in [-0.05, 0) is 37.0 Å². The highest BCUT2D eigenvalue weighted by Gasteiger charge is 2.65. The van der Waals surface area contributed by atoms with Crippen molar-refractivity contribution in [3.8, 4) is 0 Å². The normalized spacial score (nSPS) is 52.7. The Bertz CT molecular complexity index is 304. The van der Waals surface area contributed by atoms with Crippen LogP contribution in [0.3, 0.4) is 0 Å². The van der Waals surface area contributed by atoms with E-state index in [1.807, 2.05) is 0 Å². The third-order valence-electron chi connectivity index (χ3n) is 4.89. The van der Waals surface area contributed by atoms with Crippen molar-refractivity contribution in [2.24, 2.45) is 16.7 Å². The summed E-state index contributed by atoms with van der Waals surface area (Å²) in [6.07, 6.45) is 10.2. The zero-order valence-electron chi connectivity index (χ0n) is 8.18. The first-order chi connectivity index (χ1) is 6.21. The molecule has 0 aromatic rings. The molecular formula is C12H16O. The van der Waals surface area contributed by atoms with Crippen LogP contribution in [0.2, 0.25) is 0 Å². The van der Waals surface area contributed by atoms with Crippen LogP contribution >= 0.6 is 0 Å². The first kappa shape index (κ1) is 7.78. The summed E-state index contributed by atoms with van der Waals surface area (Å²) >= 11 is 0. The summed E-state index contributed by atoms with van der Waals surface area (Å²) in [7, 11) is 0. The van der Waals surface area contributed by atoms with E-state index in [0.29, 0.717) is 17.1 Å². The standard InChI is InChI=1S/C12H16O/c1-9-3-7-11-5-2-6-12(9,11)10(13)4-8-11/h2,6,9H,3-5,7-8H2,1H3. The minimum absolute atomic E-state index is 0.00694. The summed E-state index contributed by atoms with van der Waals surface area (Å²) in [5.74, 6) is 1.13. The van der Waals surface area contributed by atoms with Crippen LogP contribution in [0.5, 0.6) is 0 Å². The quantitative estimate of drug-likeness (QED) is 0.519. The van der Waals surface area contributed by atoms with Crippen molar-refractivity contribution < 1.29 is 4.79 Å². The molecule has 0 N–H and O–H groups in total. The van der Waals surface area contributed by atoms with E-state index in [1.165, 1.54) is 19.3 Å². The number of allylic oxidation sites excluding steroid dienone is 2. The number of hydrogen-bond acceptors (Lipinski definition) is 1. The van der Waals surface area contributed by atoms with Gasteiger partial charge in [0.15, 0.2) is 0 Å². The lowest BCUT2D eigenvalue weighted by molar-refractivity contribution is -0.127. The van der Waals surface area contributed by atoms with Crippen molar-refractivity contribution in [2.45, 2.75) is 39.0 Å². The van der Waals surface area contributed by atoms with Gasteiger partial charge in [0.2, 0.25) is 0 Å². The van der Waals surface area contributed by atoms with E-state index in [2.05, 4.69) is 19.1 Å². The summed E-state index contributed by atoms with van der Waals surface area (Å²) in [5.41, 5.74) is 0.372. The highest BCUT2D eigenvalue weighted by Crippen LogP contribution is 2.68. The van der Waals surface area contributed by atoms with Crippen molar-refractivity contribution in [2.75, 3.05) is 0 Å². The molecule has 3 aliphatic carbocycles.